The Morgan fingerprint density at radius 2 is 1.95 bits per heavy atom. The summed E-state index contributed by atoms with van der Waals surface area (Å²) in [5, 5.41) is 0.920. The number of anilines is 1. The summed E-state index contributed by atoms with van der Waals surface area (Å²) in [6, 6.07) is 3.42. The summed E-state index contributed by atoms with van der Waals surface area (Å²) in [4.78, 5) is 15.6. The number of nitrogen functional groups attached to an aromatic ring is 1. The van der Waals surface area contributed by atoms with Crippen molar-refractivity contribution in [3.63, 3.8) is 0 Å². The number of rotatable bonds is 3. The van der Waals surface area contributed by atoms with Crippen LogP contribution in [0.1, 0.15) is 11.6 Å². The lowest BCUT2D eigenvalue weighted by Gasteiger charge is -2.11. The van der Waals surface area contributed by atoms with Crippen LogP contribution in [0.2, 0.25) is 0 Å². The molecule has 1 unspecified atom stereocenters. The summed E-state index contributed by atoms with van der Waals surface area (Å²) >= 11 is 0. The molecule has 7 nitrogen and oxygen atoms in total. The monoisotopic (exact) mass is 305 g/mol. The van der Waals surface area contributed by atoms with Crippen LogP contribution in [-0.2, 0) is 0 Å². The maximum atomic E-state index is 6.07. The summed E-state index contributed by atoms with van der Waals surface area (Å²) < 4.78 is 0. The molecule has 3 aromatic rings. The lowest BCUT2D eigenvalue weighted by Crippen LogP contribution is -2.21. The lowest BCUT2D eigenvalue weighted by molar-refractivity contribution is 0.742. The number of nitrogens with one attached hydrogen (secondary N) is 1. The maximum absolute atomic E-state index is 6.07. The average Bonchev–Trinajstić information content (AvgIpc) is 2.90. The SMILES string of the molecule is Cl.NCC(N)c1ccnc2[nH]cc(-c3ccnc(N)n3)c12. The van der Waals surface area contributed by atoms with E-state index in [1.807, 2.05) is 12.3 Å². The first-order valence-corrected chi connectivity index (χ1v) is 6.21. The summed E-state index contributed by atoms with van der Waals surface area (Å²) in [5.41, 5.74) is 20.7. The van der Waals surface area contributed by atoms with Crippen molar-refractivity contribution in [1.82, 2.24) is 19.9 Å². The summed E-state index contributed by atoms with van der Waals surface area (Å²) in [5.74, 6) is 0.227. The Balaban J connectivity index is 0.00000161. The molecule has 0 bridgehead atoms. The number of aromatic amines is 1. The third kappa shape index (κ3) is 2.66. The molecule has 8 heteroatoms. The van der Waals surface area contributed by atoms with Crippen molar-refractivity contribution in [1.29, 1.82) is 0 Å². The molecule has 1 atom stereocenters. The van der Waals surface area contributed by atoms with Crippen LogP contribution in [0.3, 0.4) is 0 Å². The van der Waals surface area contributed by atoms with Gasteiger partial charge < -0.3 is 22.2 Å². The number of hydrogen-bond acceptors (Lipinski definition) is 6. The fourth-order valence-corrected chi connectivity index (χ4v) is 2.24. The van der Waals surface area contributed by atoms with E-state index in [1.54, 1.807) is 18.5 Å². The molecular weight excluding hydrogens is 290 g/mol. The largest absolute Gasteiger partial charge is 0.368 e. The van der Waals surface area contributed by atoms with Gasteiger partial charge in [-0.25, -0.2) is 15.0 Å². The van der Waals surface area contributed by atoms with Crippen LogP contribution in [0.4, 0.5) is 5.95 Å². The van der Waals surface area contributed by atoms with Crippen molar-refractivity contribution in [3.05, 3.63) is 36.3 Å². The highest BCUT2D eigenvalue weighted by Gasteiger charge is 2.16. The molecule has 21 heavy (non-hydrogen) atoms. The molecule has 3 heterocycles. The quantitative estimate of drug-likeness (QED) is 0.570. The molecule has 0 fully saturated rings. The van der Waals surface area contributed by atoms with Crippen molar-refractivity contribution in [2.75, 3.05) is 12.3 Å². The Morgan fingerprint density at radius 3 is 2.67 bits per heavy atom. The van der Waals surface area contributed by atoms with Crippen molar-refractivity contribution in [2.45, 2.75) is 6.04 Å². The maximum Gasteiger partial charge on any atom is 0.220 e. The van der Waals surface area contributed by atoms with E-state index >= 15 is 0 Å². The van der Waals surface area contributed by atoms with Crippen molar-refractivity contribution < 1.29 is 0 Å². The van der Waals surface area contributed by atoms with Gasteiger partial charge in [0, 0.05) is 42.1 Å². The Morgan fingerprint density at radius 1 is 1.19 bits per heavy atom. The fourth-order valence-electron chi connectivity index (χ4n) is 2.24. The molecule has 3 aromatic heterocycles. The van der Waals surface area contributed by atoms with Crippen molar-refractivity contribution in [3.8, 4) is 11.3 Å². The topological polar surface area (TPSA) is 133 Å². The van der Waals surface area contributed by atoms with Gasteiger partial charge in [-0.2, -0.15) is 0 Å². The van der Waals surface area contributed by atoms with Crippen LogP contribution in [0.15, 0.2) is 30.7 Å². The van der Waals surface area contributed by atoms with Crippen LogP contribution in [0.25, 0.3) is 22.3 Å². The van der Waals surface area contributed by atoms with Gasteiger partial charge in [0.15, 0.2) is 0 Å². The molecule has 0 saturated carbocycles. The summed E-state index contributed by atoms with van der Waals surface area (Å²) in [7, 11) is 0. The number of halogens is 1. The van der Waals surface area contributed by atoms with Gasteiger partial charge in [0.2, 0.25) is 5.95 Å². The Bertz CT molecular complexity index is 755. The zero-order valence-corrected chi connectivity index (χ0v) is 12.0. The summed E-state index contributed by atoms with van der Waals surface area (Å²) in [6.07, 6.45) is 5.17. The van der Waals surface area contributed by atoms with Gasteiger partial charge >= 0.3 is 0 Å². The minimum absolute atomic E-state index is 0. The molecule has 0 aliphatic rings. The van der Waals surface area contributed by atoms with E-state index in [0.29, 0.717) is 6.54 Å². The van der Waals surface area contributed by atoms with Crippen LogP contribution < -0.4 is 17.2 Å². The first kappa shape index (κ1) is 15.2. The molecule has 0 spiro atoms. The minimum atomic E-state index is -0.255. The molecule has 0 aromatic carbocycles. The Hall–Kier alpha value is -2.22. The normalized spacial score (nSPS) is 12.1. The number of hydrogen-bond donors (Lipinski definition) is 4. The third-order valence-electron chi connectivity index (χ3n) is 3.21. The molecule has 0 aliphatic carbocycles. The molecule has 7 N–H and O–H groups in total. The fraction of sp³-hybridized carbons (Fsp3) is 0.154. The van der Waals surface area contributed by atoms with Crippen LogP contribution in [0.5, 0.6) is 0 Å². The van der Waals surface area contributed by atoms with Gasteiger partial charge in [0.1, 0.15) is 5.65 Å². The molecule has 3 rings (SSSR count). The molecule has 0 amide bonds. The highest BCUT2D eigenvalue weighted by atomic mass is 35.5. The Labute approximate surface area is 127 Å². The lowest BCUT2D eigenvalue weighted by atomic mass is 10.0. The van der Waals surface area contributed by atoms with E-state index in [-0.39, 0.29) is 24.4 Å². The average molecular weight is 306 g/mol. The zero-order chi connectivity index (χ0) is 14.1. The van der Waals surface area contributed by atoms with Crippen LogP contribution in [0, 0.1) is 0 Å². The van der Waals surface area contributed by atoms with E-state index in [2.05, 4.69) is 19.9 Å². The number of nitrogens with zero attached hydrogens (tertiary/aromatic N) is 3. The molecular formula is C13H16ClN7. The van der Waals surface area contributed by atoms with E-state index in [4.69, 9.17) is 17.2 Å². The van der Waals surface area contributed by atoms with Gasteiger partial charge in [-0.05, 0) is 17.7 Å². The van der Waals surface area contributed by atoms with Gasteiger partial charge in [0.25, 0.3) is 0 Å². The molecule has 0 aliphatic heterocycles. The van der Waals surface area contributed by atoms with Gasteiger partial charge in [-0.3, -0.25) is 0 Å². The molecule has 110 valence electrons. The predicted molar refractivity (Wildman–Crippen MR) is 84.8 cm³/mol. The second-order valence-corrected chi connectivity index (χ2v) is 4.47. The second-order valence-electron chi connectivity index (χ2n) is 4.47. The highest BCUT2D eigenvalue weighted by Crippen LogP contribution is 2.31. The number of aromatic nitrogens is 4. The van der Waals surface area contributed by atoms with E-state index in [0.717, 1.165) is 27.9 Å². The number of fused-ring (bicyclic) bond motifs is 1. The summed E-state index contributed by atoms with van der Waals surface area (Å²) in [6.45, 7) is 0.357. The first-order chi connectivity index (χ1) is 9.70. The minimum Gasteiger partial charge on any atom is -0.368 e. The predicted octanol–water partition coefficient (Wildman–Crippen LogP) is 0.982. The second kappa shape index (κ2) is 6.04. The van der Waals surface area contributed by atoms with Gasteiger partial charge in [0.05, 0.1) is 5.69 Å². The van der Waals surface area contributed by atoms with E-state index < -0.39 is 0 Å². The van der Waals surface area contributed by atoms with Crippen molar-refractivity contribution >= 4 is 29.4 Å². The van der Waals surface area contributed by atoms with E-state index in [9.17, 15) is 0 Å². The standard InChI is InChI=1S/C13H15N7.ClH/c14-5-9(15)7-1-3-17-12-11(7)8(6-19-12)10-2-4-18-13(16)20-10;/h1-4,6,9H,5,14-15H2,(H,17,19)(H2,16,18,20);1H. The van der Waals surface area contributed by atoms with E-state index in [1.165, 1.54) is 0 Å². The van der Waals surface area contributed by atoms with Gasteiger partial charge in [-0.15, -0.1) is 12.4 Å². The smallest absolute Gasteiger partial charge is 0.220 e. The van der Waals surface area contributed by atoms with Crippen LogP contribution in [-0.4, -0.2) is 26.5 Å². The highest BCUT2D eigenvalue weighted by molar-refractivity contribution is 5.95. The third-order valence-corrected chi connectivity index (χ3v) is 3.21. The first-order valence-electron chi connectivity index (χ1n) is 6.21. The van der Waals surface area contributed by atoms with Crippen LogP contribution >= 0.6 is 12.4 Å². The zero-order valence-electron chi connectivity index (χ0n) is 11.2. The number of nitrogens with two attached hydrogens (primary N) is 3. The molecule has 0 saturated heterocycles. The van der Waals surface area contributed by atoms with Gasteiger partial charge in [-0.1, -0.05) is 0 Å². The van der Waals surface area contributed by atoms with Crippen molar-refractivity contribution in [2.24, 2.45) is 11.5 Å². The Kier molecular flexibility index (Phi) is 4.37. The molecule has 0 radical (unpaired) electrons. The number of pyridine rings is 1. The number of H-pyrrole nitrogens is 1.